The molecule has 5 rings (SSSR count). The average Bonchev–Trinajstić information content (AvgIpc) is 3.41. The quantitative estimate of drug-likeness (QED) is 0.498. The maximum Gasteiger partial charge on any atom is 0.420 e. The molecule has 1 amide bonds. The summed E-state index contributed by atoms with van der Waals surface area (Å²) in [6, 6.07) is 17.5. The molecule has 0 spiro atoms. The first-order valence-corrected chi connectivity index (χ1v) is 10.6. The smallest absolute Gasteiger partial charge is 0.408 e. The summed E-state index contributed by atoms with van der Waals surface area (Å²) in [4.78, 5) is 31.2. The fourth-order valence-corrected chi connectivity index (χ4v) is 4.04. The zero-order chi connectivity index (χ0) is 21.9. The summed E-state index contributed by atoms with van der Waals surface area (Å²) in [5.74, 6) is -0.770. The number of para-hydroxylation sites is 2. The van der Waals surface area contributed by atoms with Crippen molar-refractivity contribution >= 4 is 17.0 Å². The number of aromatic nitrogens is 3. The van der Waals surface area contributed by atoms with E-state index in [2.05, 4.69) is 32.5 Å². The van der Waals surface area contributed by atoms with Gasteiger partial charge in [-0.25, -0.2) is 4.79 Å². The average molecular weight is 433 g/mol. The van der Waals surface area contributed by atoms with Crippen molar-refractivity contribution in [3.05, 3.63) is 82.4 Å². The standard InChI is InChI=1S/C23H23N5O4/c29-21(24-17-10-12-27(13-11-17)14-16-6-2-1-3-7-16)22-25-20(26-32-22)15-28-18-8-4-5-9-19(18)31-23(28)30/h1-9,17H,10-15H2,(H,24,29). The Morgan fingerprint density at radius 2 is 1.78 bits per heavy atom. The number of likely N-dealkylation sites (tertiary alicyclic amines) is 1. The Bertz CT molecular complexity index is 1270. The summed E-state index contributed by atoms with van der Waals surface area (Å²) in [6.07, 6.45) is 1.71. The number of fused-ring (bicyclic) bond motifs is 1. The van der Waals surface area contributed by atoms with Crippen LogP contribution < -0.4 is 11.1 Å². The fraction of sp³-hybridized carbons (Fsp3) is 0.304. The molecule has 1 fully saturated rings. The number of carbonyl (C=O) groups excluding carboxylic acids is 1. The van der Waals surface area contributed by atoms with E-state index < -0.39 is 11.7 Å². The Balaban J connectivity index is 1.17. The van der Waals surface area contributed by atoms with Gasteiger partial charge in [-0.1, -0.05) is 47.6 Å². The molecule has 32 heavy (non-hydrogen) atoms. The SMILES string of the molecule is O=C(NC1CCN(Cc2ccccc2)CC1)c1nc(Cn2c(=O)oc3ccccc32)no1. The van der Waals surface area contributed by atoms with Gasteiger partial charge in [0.1, 0.15) is 0 Å². The van der Waals surface area contributed by atoms with E-state index in [1.165, 1.54) is 10.1 Å². The van der Waals surface area contributed by atoms with Gasteiger partial charge >= 0.3 is 17.6 Å². The molecule has 1 N–H and O–H groups in total. The monoisotopic (exact) mass is 433 g/mol. The fourth-order valence-electron chi connectivity index (χ4n) is 4.04. The Labute approximate surface area is 183 Å². The van der Waals surface area contributed by atoms with Crippen LogP contribution in [0.3, 0.4) is 0 Å². The van der Waals surface area contributed by atoms with Gasteiger partial charge in [-0.05, 0) is 30.5 Å². The lowest BCUT2D eigenvalue weighted by atomic mass is 10.0. The molecule has 2 aromatic carbocycles. The number of hydrogen-bond acceptors (Lipinski definition) is 7. The van der Waals surface area contributed by atoms with E-state index in [9.17, 15) is 9.59 Å². The highest BCUT2D eigenvalue weighted by Crippen LogP contribution is 2.15. The van der Waals surface area contributed by atoms with Gasteiger partial charge in [-0.2, -0.15) is 4.98 Å². The van der Waals surface area contributed by atoms with Gasteiger partial charge in [-0.15, -0.1) is 0 Å². The molecule has 2 aromatic heterocycles. The molecule has 0 aliphatic carbocycles. The molecular weight excluding hydrogens is 410 g/mol. The van der Waals surface area contributed by atoms with E-state index in [0.29, 0.717) is 11.1 Å². The Morgan fingerprint density at radius 1 is 1.03 bits per heavy atom. The highest BCUT2D eigenvalue weighted by Gasteiger charge is 2.24. The third-order valence-corrected chi connectivity index (χ3v) is 5.71. The summed E-state index contributed by atoms with van der Waals surface area (Å²) in [5, 5.41) is 6.84. The summed E-state index contributed by atoms with van der Waals surface area (Å²) in [7, 11) is 0. The van der Waals surface area contributed by atoms with Crippen molar-refractivity contribution in [3.63, 3.8) is 0 Å². The molecule has 0 atom stereocenters. The van der Waals surface area contributed by atoms with E-state index in [-0.39, 0.29) is 24.3 Å². The molecular formula is C23H23N5O4. The second kappa shape index (κ2) is 8.80. The van der Waals surface area contributed by atoms with E-state index in [1.54, 1.807) is 18.2 Å². The van der Waals surface area contributed by atoms with Crippen molar-refractivity contribution in [2.45, 2.75) is 32.0 Å². The zero-order valence-corrected chi connectivity index (χ0v) is 17.4. The molecule has 0 bridgehead atoms. The van der Waals surface area contributed by atoms with Crippen LogP contribution in [0.25, 0.3) is 11.1 Å². The third-order valence-electron chi connectivity index (χ3n) is 5.71. The lowest BCUT2D eigenvalue weighted by Crippen LogP contribution is -2.44. The predicted molar refractivity (Wildman–Crippen MR) is 116 cm³/mol. The van der Waals surface area contributed by atoms with Crippen LogP contribution in [-0.2, 0) is 13.1 Å². The molecule has 1 saturated heterocycles. The molecule has 1 aliphatic rings. The summed E-state index contributed by atoms with van der Waals surface area (Å²) < 4.78 is 11.8. The van der Waals surface area contributed by atoms with E-state index in [4.69, 9.17) is 8.94 Å². The zero-order valence-electron chi connectivity index (χ0n) is 17.4. The van der Waals surface area contributed by atoms with Crippen LogP contribution >= 0.6 is 0 Å². The number of benzene rings is 2. The molecule has 4 aromatic rings. The number of piperidine rings is 1. The summed E-state index contributed by atoms with van der Waals surface area (Å²) in [5.41, 5.74) is 2.41. The van der Waals surface area contributed by atoms with E-state index in [1.807, 2.05) is 24.3 Å². The number of hydrogen-bond donors (Lipinski definition) is 1. The number of nitrogens with one attached hydrogen (secondary N) is 1. The first-order valence-electron chi connectivity index (χ1n) is 10.6. The van der Waals surface area contributed by atoms with Gasteiger partial charge in [0.05, 0.1) is 12.1 Å². The van der Waals surface area contributed by atoms with Crippen LogP contribution in [0.15, 0.2) is 68.3 Å². The highest BCUT2D eigenvalue weighted by atomic mass is 16.5. The van der Waals surface area contributed by atoms with Crippen LogP contribution in [-0.4, -0.2) is 44.6 Å². The Morgan fingerprint density at radius 3 is 2.59 bits per heavy atom. The normalized spacial score (nSPS) is 15.2. The minimum atomic E-state index is -0.510. The lowest BCUT2D eigenvalue weighted by Gasteiger charge is -2.32. The van der Waals surface area contributed by atoms with Crippen molar-refractivity contribution in [2.75, 3.05) is 13.1 Å². The molecule has 9 heteroatoms. The maximum absolute atomic E-state index is 12.6. The van der Waals surface area contributed by atoms with Crippen molar-refractivity contribution in [2.24, 2.45) is 0 Å². The third kappa shape index (κ3) is 4.33. The molecule has 0 radical (unpaired) electrons. The van der Waals surface area contributed by atoms with E-state index in [0.717, 1.165) is 32.5 Å². The summed E-state index contributed by atoms with van der Waals surface area (Å²) in [6.45, 7) is 2.79. The molecule has 9 nitrogen and oxygen atoms in total. The van der Waals surface area contributed by atoms with Gasteiger partial charge < -0.3 is 14.3 Å². The van der Waals surface area contributed by atoms with Crippen LogP contribution in [0, 0.1) is 0 Å². The van der Waals surface area contributed by atoms with Gasteiger partial charge in [0.2, 0.25) is 0 Å². The van der Waals surface area contributed by atoms with Gasteiger partial charge in [0.25, 0.3) is 0 Å². The van der Waals surface area contributed by atoms with Crippen LogP contribution in [0.1, 0.15) is 34.9 Å². The van der Waals surface area contributed by atoms with Crippen molar-refractivity contribution in [3.8, 4) is 0 Å². The lowest BCUT2D eigenvalue weighted by molar-refractivity contribution is 0.0865. The number of amides is 1. The summed E-state index contributed by atoms with van der Waals surface area (Å²) >= 11 is 0. The molecule has 3 heterocycles. The number of nitrogens with zero attached hydrogens (tertiary/aromatic N) is 4. The van der Waals surface area contributed by atoms with Crippen LogP contribution in [0.4, 0.5) is 0 Å². The largest absolute Gasteiger partial charge is 0.420 e. The Hall–Kier alpha value is -3.72. The Kier molecular flexibility index (Phi) is 5.55. The van der Waals surface area contributed by atoms with Crippen LogP contribution in [0.5, 0.6) is 0 Å². The van der Waals surface area contributed by atoms with Crippen LogP contribution in [0.2, 0.25) is 0 Å². The minimum absolute atomic E-state index is 0.0600. The maximum atomic E-state index is 12.6. The molecule has 0 unspecified atom stereocenters. The number of oxazole rings is 1. The first kappa shape index (κ1) is 20.2. The van der Waals surface area contributed by atoms with Crippen molar-refractivity contribution in [1.82, 2.24) is 24.9 Å². The molecule has 1 aliphatic heterocycles. The number of rotatable bonds is 6. The minimum Gasteiger partial charge on any atom is -0.408 e. The van der Waals surface area contributed by atoms with Gasteiger partial charge in [0, 0.05) is 25.7 Å². The van der Waals surface area contributed by atoms with Gasteiger partial charge in [0.15, 0.2) is 11.4 Å². The first-order chi connectivity index (χ1) is 15.7. The molecule has 0 saturated carbocycles. The predicted octanol–water partition coefficient (Wildman–Crippen LogP) is 2.42. The van der Waals surface area contributed by atoms with Crippen molar-refractivity contribution in [1.29, 1.82) is 0 Å². The second-order valence-electron chi connectivity index (χ2n) is 7.95. The highest BCUT2D eigenvalue weighted by molar-refractivity contribution is 5.89. The second-order valence-corrected chi connectivity index (χ2v) is 7.95. The van der Waals surface area contributed by atoms with Gasteiger partial charge in [-0.3, -0.25) is 14.3 Å². The topological polar surface area (TPSA) is 106 Å². The van der Waals surface area contributed by atoms with Crippen molar-refractivity contribution < 1.29 is 13.7 Å². The molecule has 164 valence electrons. The van der Waals surface area contributed by atoms with E-state index >= 15 is 0 Å². The number of carbonyl (C=O) groups is 1.